The van der Waals surface area contributed by atoms with E-state index in [-0.39, 0.29) is 5.78 Å². The number of benzene rings is 4. The second-order valence-electron chi connectivity index (χ2n) is 8.14. The Morgan fingerprint density at radius 2 is 1.00 bits per heavy atom. The Kier molecular flexibility index (Phi) is 8.21. The molecule has 0 aliphatic rings. The van der Waals surface area contributed by atoms with Crippen LogP contribution in [0.2, 0.25) is 0 Å². The summed E-state index contributed by atoms with van der Waals surface area (Å²) in [6, 6.07) is 22.5. The third-order valence-electron chi connectivity index (χ3n) is 5.98. The van der Waals surface area contributed by atoms with E-state index in [2.05, 4.69) is 31.9 Å². The zero-order valence-corrected chi connectivity index (χ0v) is 22.6. The lowest BCUT2D eigenvalue weighted by molar-refractivity contribution is -0.120. The van der Waals surface area contributed by atoms with Crippen LogP contribution in [-0.4, -0.2) is 20.0 Å². The van der Waals surface area contributed by atoms with Gasteiger partial charge in [-0.1, -0.05) is 56.1 Å². The minimum Gasteiger partial charge on any atom is -0.496 e. The van der Waals surface area contributed by atoms with E-state index in [4.69, 9.17) is 9.47 Å². The zero-order valence-electron chi connectivity index (χ0n) is 19.5. The summed E-state index contributed by atoms with van der Waals surface area (Å²) in [5.41, 5.74) is 2.42. The first-order chi connectivity index (χ1) is 17.3. The summed E-state index contributed by atoms with van der Waals surface area (Å²) in [6.45, 7) is 0. The fourth-order valence-electron chi connectivity index (χ4n) is 4.33. The SMILES string of the molecule is COc1ccc(Br)cc1C(C(=O)C(c1ccc(F)cc1)c1cc(Br)ccc1OC)c1ccc(F)cc1. The van der Waals surface area contributed by atoms with E-state index < -0.39 is 23.5 Å². The van der Waals surface area contributed by atoms with Gasteiger partial charge < -0.3 is 9.47 Å². The highest BCUT2D eigenvalue weighted by Gasteiger charge is 2.35. The van der Waals surface area contributed by atoms with Gasteiger partial charge in [0.05, 0.1) is 26.1 Å². The van der Waals surface area contributed by atoms with Gasteiger partial charge in [-0.3, -0.25) is 4.79 Å². The molecule has 0 radical (unpaired) electrons. The third kappa shape index (κ3) is 5.52. The molecule has 0 N–H and O–H groups in total. The molecule has 4 rings (SSSR count). The molecule has 7 heteroatoms. The Morgan fingerprint density at radius 3 is 1.33 bits per heavy atom. The number of carbonyl (C=O) groups excluding carboxylic acids is 1. The first-order valence-electron chi connectivity index (χ1n) is 11.0. The van der Waals surface area contributed by atoms with Crippen LogP contribution in [0.4, 0.5) is 8.78 Å². The number of halogens is 4. The summed E-state index contributed by atoms with van der Waals surface area (Å²) in [5, 5.41) is 0. The summed E-state index contributed by atoms with van der Waals surface area (Å²) in [6.07, 6.45) is 0. The number of hydrogen-bond acceptors (Lipinski definition) is 3. The minimum atomic E-state index is -0.822. The zero-order chi connectivity index (χ0) is 25.8. The molecule has 2 atom stereocenters. The normalized spacial score (nSPS) is 12.6. The monoisotopic (exact) mass is 614 g/mol. The van der Waals surface area contributed by atoms with Crippen molar-refractivity contribution in [2.45, 2.75) is 11.8 Å². The van der Waals surface area contributed by atoms with Gasteiger partial charge in [-0.2, -0.15) is 0 Å². The Labute approximate surface area is 225 Å². The maximum absolute atomic E-state index is 14.6. The average Bonchev–Trinajstić information content (AvgIpc) is 2.87. The number of methoxy groups -OCH3 is 2. The molecule has 0 spiro atoms. The van der Waals surface area contributed by atoms with Crippen LogP contribution in [0.5, 0.6) is 11.5 Å². The highest BCUT2D eigenvalue weighted by molar-refractivity contribution is 9.10. The van der Waals surface area contributed by atoms with Crippen molar-refractivity contribution in [1.29, 1.82) is 0 Å². The number of hydrogen-bond donors (Lipinski definition) is 0. The van der Waals surface area contributed by atoms with Crippen LogP contribution < -0.4 is 9.47 Å². The van der Waals surface area contributed by atoms with Crippen LogP contribution in [0, 0.1) is 11.6 Å². The van der Waals surface area contributed by atoms with Crippen LogP contribution in [-0.2, 0) is 4.79 Å². The van der Waals surface area contributed by atoms with Crippen molar-refractivity contribution in [3.8, 4) is 11.5 Å². The molecule has 0 amide bonds. The lowest BCUT2D eigenvalue weighted by Gasteiger charge is -2.27. The molecule has 36 heavy (non-hydrogen) atoms. The Hall–Kier alpha value is -3.03. The Morgan fingerprint density at radius 1 is 0.639 bits per heavy atom. The number of ketones is 1. The van der Waals surface area contributed by atoms with Gasteiger partial charge >= 0.3 is 0 Å². The highest BCUT2D eigenvalue weighted by atomic mass is 79.9. The van der Waals surface area contributed by atoms with E-state index in [0.717, 1.165) is 8.95 Å². The molecule has 184 valence electrons. The van der Waals surface area contributed by atoms with Crippen molar-refractivity contribution >= 4 is 37.6 Å². The molecule has 0 aromatic heterocycles. The lowest BCUT2D eigenvalue weighted by Crippen LogP contribution is -2.24. The Balaban J connectivity index is 1.99. The van der Waals surface area contributed by atoms with Gasteiger partial charge in [0.15, 0.2) is 5.78 Å². The van der Waals surface area contributed by atoms with Crippen molar-refractivity contribution in [1.82, 2.24) is 0 Å². The fourth-order valence-corrected chi connectivity index (χ4v) is 5.09. The van der Waals surface area contributed by atoms with Crippen LogP contribution in [0.3, 0.4) is 0 Å². The van der Waals surface area contributed by atoms with Gasteiger partial charge in [-0.25, -0.2) is 8.78 Å². The molecule has 2 unspecified atom stereocenters. The molecule has 4 aromatic rings. The predicted molar refractivity (Wildman–Crippen MR) is 143 cm³/mol. The summed E-state index contributed by atoms with van der Waals surface area (Å²) in [5.74, 6) is -1.64. The number of rotatable bonds is 8. The molecule has 3 nitrogen and oxygen atoms in total. The van der Waals surface area contributed by atoms with Gasteiger partial charge in [0.2, 0.25) is 0 Å². The quantitative estimate of drug-likeness (QED) is 0.201. The van der Waals surface area contributed by atoms with Gasteiger partial charge in [-0.15, -0.1) is 0 Å². The van der Waals surface area contributed by atoms with Crippen molar-refractivity contribution in [2.24, 2.45) is 0 Å². The number of Topliss-reactive ketones (excluding diaryl/α,β-unsaturated/α-hetero) is 1. The van der Waals surface area contributed by atoms with Crippen molar-refractivity contribution in [3.63, 3.8) is 0 Å². The molecule has 4 aromatic carbocycles. The van der Waals surface area contributed by atoms with Crippen LogP contribution in [0.1, 0.15) is 34.1 Å². The summed E-state index contributed by atoms with van der Waals surface area (Å²) >= 11 is 7.00. The summed E-state index contributed by atoms with van der Waals surface area (Å²) in [4.78, 5) is 14.6. The predicted octanol–water partition coefficient (Wildman–Crippen LogP) is 8.04. The van der Waals surface area contributed by atoms with Gasteiger partial charge in [0, 0.05) is 20.1 Å². The molecule has 0 saturated carbocycles. The first-order valence-corrected chi connectivity index (χ1v) is 12.6. The standard InChI is InChI=1S/C29H22Br2F2O3/c1-35-25-13-7-19(30)15-23(25)27(17-3-9-21(32)10-4-17)29(34)28(18-5-11-22(33)12-6-18)24-16-20(31)8-14-26(24)36-2/h3-16,27-28H,1-2H3. The summed E-state index contributed by atoms with van der Waals surface area (Å²) in [7, 11) is 3.07. The molecular weight excluding hydrogens is 594 g/mol. The van der Waals surface area contributed by atoms with Crippen LogP contribution >= 0.6 is 31.9 Å². The molecule has 0 bridgehead atoms. The van der Waals surface area contributed by atoms with E-state index >= 15 is 0 Å². The van der Waals surface area contributed by atoms with E-state index in [9.17, 15) is 13.6 Å². The van der Waals surface area contributed by atoms with Gasteiger partial charge in [0.25, 0.3) is 0 Å². The molecular formula is C29H22Br2F2O3. The third-order valence-corrected chi connectivity index (χ3v) is 6.97. The first kappa shape index (κ1) is 26.0. The van der Waals surface area contributed by atoms with Gasteiger partial charge in [-0.05, 0) is 71.8 Å². The summed E-state index contributed by atoms with van der Waals surface area (Å²) < 4.78 is 40.5. The lowest BCUT2D eigenvalue weighted by atomic mass is 9.76. The molecule has 0 fully saturated rings. The largest absolute Gasteiger partial charge is 0.496 e. The fraction of sp³-hybridized carbons (Fsp3) is 0.138. The van der Waals surface area contributed by atoms with E-state index in [1.807, 2.05) is 24.3 Å². The smallest absolute Gasteiger partial charge is 0.156 e. The highest BCUT2D eigenvalue weighted by Crippen LogP contribution is 2.43. The van der Waals surface area contributed by atoms with E-state index in [0.29, 0.717) is 33.8 Å². The second-order valence-corrected chi connectivity index (χ2v) is 9.98. The van der Waals surface area contributed by atoms with Crippen molar-refractivity contribution in [3.05, 3.63) is 128 Å². The Bertz CT molecular complexity index is 1270. The molecule has 0 heterocycles. The van der Waals surface area contributed by atoms with E-state index in [1.165, 1.54) is 38.5 Å². The average molecular weight is 616 g/mol. The molecule has 0 aliphatic carbocycles. The maximum Gasteiger partial charge on any atom is 0.156 e. The molecule has 0 aliphatic heterocycles. The van der Waals surface area contributed by atoms with Crippen LogP contribution in [0.15, 0.2) is 93.9 Å². The van der Waals surface area contributed by atoms with Crippen molar-refractivity contribution in [2.75, 3.05) is 14.2 Å². The van der Waals surface area contributed by atoms with Crippen LogP contribution in [0.25, 0.3) is 0 Å². The second kappa shape index (κ2) is 11.4. The number of carbonyl (C=O) groups is 1. The van der Waals surface area contributed by atoms with Crippen molar-refractivity contribution < 1.29 is 23.0 Å². The van der Waals surface area contributed by atoms with Gasteiger partial charge in [0.1, 0.15) is 23.1 Å². The molecule has 0 saturated heterocycles. The minimum absolute atomic E-state index is 0.207. The topological polar surface area (TPSA) is 35.5 Å². The maximum atomic E-state index is 14.6. The van der Waals surface area contributed by atoms with E-state index in [1.54, 1.807) is 36.4 Å². The number of ether oxygens (including phenoxy) is 2.